The first kappa shape index (κ1) is 14.3. The van der Waals surface area contributed by atoms with Crippen LogP contribution in [0, 0.1) is 0 Å². The summed E-state index contributed by atoms with van der Waals surface area (Å²) in [6.07, 6.45) is -2.89. The summed E-state index contributed by atoms with van der Waals surface area (Å²) < 4.78 is 45.7. The van der Waals surface area contributed by atoms with Gasteiger partial charge in [0.25, 0.3) is 0 Å². The fraction of sp³-hybridized carbons (Fsp3) is 0.214. The summed E-state index contributed by atoms with van der Waals surface area (Å²) in [6, 6.07) is 12.3. The van der Waals surface area contributed by atoms with E-state index in [1.165, 1.54) is 6.20 Å². The van der Waals surface area contributed by atoms with E-state index in [2.05, 4.69) is 9.72 Å². The molecular weight excluding hydrogens is 271 g/mol. The standard InChI is InChI=1S/C14H12F3NO2/c15-14(16,17)10-19-9-11-6-7-13(18-8-11)20-12-4-2-1-3-5-12/h1-8H,9-10H2. The Bertz CT molecular complexity index is 526. The molecule has 0 N–H and O–H groups in total. The van der Waals surface area contributed by atoms with E-state index in [0.717, 1.165) is 0 Å². The van der Waals surface area contributed by atoms with Gasteiger partial charge in [-0.2, -0.15) is 13.2 Å². The van der Waals surface area contributed by atoms with Crippen LogP contribution in [0.5, 0.6) is 11.6 Å². The highest BCUT2D eigenvalue weighted by molar-refractivity contribution is 5.27. The molecule has 1 aromatic heterocycles. The molecule has 20 heavy (non-hydrogen) atoms. The van der Waals surface area contributed by atoms with Gasteiger partial charge in [0.05, 0.1) is 6.61 Å². The lowest BCUT2D eigenvalue weighted by molar-refractivity contribution is -0.176. The van der Waals surface area contributed by atoms with Crippen molar-refractivity contribution in [2.24, 2.45) is 0 Å². The smallest absolute Gasteiger partial charge is 0.411 e. The molecule has 2 aromatic rings. The lowest BCUT2D eigenvalue weighted by Gasteiger charge is -2.08. The van der Waals surface area contributed by atoms with Crippen LogP contribution in [0.4, 0.5) is 13.2 Å². The van der Waals surface area contributed by atoms with Crippen molar-refractivity contribution >= 4 is 0 Å². The summed E-state index contributed by atoms with van der Waals surface area (Å²) in [6.45, 7) is -1.41. The number of pyridine rings is 1. The van der Waals surface area contributed by atoms with E-state index in [1.807, 2.05) is 18.2 Å². The molecule has 0 atom stereocenters. The molecule has 0 aliphatic heterocycles. The third-order valence-electron chi connectivity index (χ3n) is 2.30. The van der Waals surface area contributed by atoms with Gasteiger partial charge in [0.15, 0.2) is 0 Å². The minimum Gasteiger partial charge on any atom is -0.439 e. The predicted octanol–water partition coefficient (Wildman–Crippen LogP) is 3.95. The first-order valence-electron chi connectivity index (χ1n) is 5.85. The Hall–Kier alpha value is -2.08. The molecule has 0 fully saturated rings. The Morgan fingerprint density at radius 3 is 2.35 bits per heavy atom. The summed E-state index contributed by atoms with van der Waals surface area (Å²) in [4.78, 5) is 4.01. The number of benzene rings is 1. The lowest BCUT2D eigenvalue weighted by Crippen LogP contribution is -2.16. The van der Waals surface area contributed by atoms with Crippen molar-refractivity contribution < 1.29 is 22.6 Å². The van der Waals surface area contributed by atoms with E-state index in [-0.39, 0.29) is 6.61 Å². The Labute approximate surface area is 114 Å². The summed E-state index contributed by atoms with van der Waals surface area (Å²) >= 11 is 0. The Kier molecular flexibility index (Phi) is 4.57. The van der Waals surface area contributed by atoms with Crippen molar-refractivity contribution in [1.82, 2.24) is 4.98 Å². The molecule has 1 aromatic carbocycles. The molecule has 0 radical (unpaired) electrons. The average molecular weight is 283 g/mol. The van der Waals surface area contributed by atoms with Crippen molar-refractivity contribution in [3.05, 3.63) is 54.2 Å². The second-order valence-corrected chi connectivity index (χ2v) is 4.03. The zero-order valence-electron chi connectivity index (χ0n) is 10.4. The van der Waals surface area contributed by atoms with E-state index >= 15 is 0 Å². The number of rotatable bonds is 5. The molecule has 0 spiro atoms. The third kappa shape index (κ3) is 4.89. The molecule has 3 nitrogen and oxygen atoms in total. The van der Waals surface area contributed by atoms with E-state index in [9.17, 15) is 13.2 Å². The number of alkyl halides is 3. The monoisotopic (exact) mass is 283 g/mol. The summed E-state index contributed by atoms with van der Waals surface area (Å²) in [5.74, 6) is 1.01. The molecule has 2 rings (SSSR count). The predicted molar refractivity (Wildman–Crippen MR) is 66.5 cm³/mol. The van der Waals surface area contributed by atoms with Gasteiger partial charge in [-0.3, -0.25) is 0 Å². The number of aromatic nitrogens is 1. The van der Waals surface area contributed by atoms with Crippen molar-refractivity contribution in [3.8, 4) is 11.6 Å². The highest BCUT2D eigenvalue weighted by atomic mass is 19.4. The molecule has 0 unspecified atom stereocenters. The topological polar surface area (TPSA) is 31.4 Å². The van der Waals surface area contributed by atoms with Crippen LogP contribution in [-0.2, 0) is 11.3 Å². The van der Waals surface area contributed by atoms with Gasteiger partial charge in [-0.1, -0.05) is 18.2 Å². The van der Waals surface area contributed by atoms with Gasteiger partial charge in [-0.15, -0.1) is 0 Å². The molecule has 106 valence electrons. The molecule has 0 amide bonds. The van der Waals surface area contributed by atoms with Gasteiger partial charge < -0.3 is 9.47 Å². The van der Waals surface area contributed by atoms with E-state index in [4.69, 9.17) is 4.74 Å². The van der Waals surface area contributed by atoms with E-state index in [1.54, 1.807) is 24.3 Å². The summed E-state index contributed by atoms with van der Waals surface area (Å²) in [5.41, 5.74) is 0.551. The molecular formula is C14H12F3NO2. The van der Waals surface area contributed by atoms with Crippen LogP contribution in [0.1, 0.15) is 5.56 Å². The Morgan fingerprint density at radius 2 is 1.75 bits per heavy atom. The quantitative estimate of drug-likeness (QED) is 0.832. The molecule has 0 aliphatic carbocycles. The average Bonchev–Trinajstić information content (AvgIpc) is 2.41. The van der Waals surface area contributed by atoms with E-state index in [0.29, 0.717) is 17.2 Å². The first-order chi connectivity index (χ1) is 9.53. The fourth-order valence-corrected chi connectivity index (χ4v) is 1.45. The number of ether oxygens (including phenoxy) is 2. The maximum atomic E-state index is 11.9. The molecule has 0 bridgehead atoms. The maximum absolute atomic E-state index is 11.9. The van der Waals surface area contributed by atoms with Crippen molar-refractivity contribution in [2.45, 2.75) is 12.8 Å². The molecule has 6 heteroatoms. The van der Waals surface area contributed by atoms with Gasteiger partial charge >= 0.3 is 6.18 Å². The van der Waals surface area contributed by atoms with E-state index < -0.39 is 12.8 Å². The number of para-hydroxylation sites is 1. The lowest BCUT2D eigenvalue weighted by atomic mass is 10.3. The third-order valence-corrected chi connectivity index (χ3v) is 2.30. The summed E-state index contributed by atoms with van der Waals surface area (Å²) in [5, 5.41) is 0. The van der Waals surface area contributed by atoms with Crippen LogP contribution in [-0.4, -0.2) is 17.8 Å². The molecule has 1 heterocycles. The number of halogens is 3. The largest absolute Gasteiger partial charge is 0.439 e. The van der Waals surface area contributed by atoms with Crippen LogP contribution in [0.3, 0.4) is 0 Å². The zero-order chi connectivity index (χ0) is 14.4. The second-order valence-electron chi connectivity index (χ2n) is 4.03. The maximum Gasteiger partial charge on any atom is 0.411 e. The van der Waals surface area contributed by atoms with Crippen LogP contribution in [0.15, 0.2) is 48.7 Å². The summed E-state index contributed by atoms with van der Waals surface area (Å²) in [7, 11) is 0. The van der Waals surface area contributed by atoms with Crippen LogP contribution < -0.4 is 4.74 Å². The van der Waals surface area contributed by atoms with Crippen molar-refractivity contribution in [2.75, 3.05) is 6.61 Å². The van der Waals surface area contributed by atoms with Crippen LogP contribution >= 0.6 is 0 Å². The minimum atomic E-state index is -4.32. The van der Waals surface area contributed by atoms with Gasteiger partial charge in [-0.05, 0) is 23.8 Å². The number of hydrogen-bond acceptors (Lipinski definition) is 3. The van der Waals surface area contributed by atoms with Gasteiger partial charge in [0, 0.05) is 12.3 Å². The molecule has 0 saturated carbocycles. The number of nitrogens with zero attached hydrogens (tertiary/aromatic N) is 1. The Morgan fingerprint density at radius 1 is 1.00 bits per heavy atom. The zero-order valence-corrected chi connectivity index (χ0v) is 10.4. The first-order valence-corrected chi connectivity index (χ1v) is 5.85. The second kappa shape index (κ2) is 6.38. The Balaban J connectivity index is 1.87. The highest BCUT2D eigenvalue weighted by Gasteiger charge is 2.27. The van der Waals surface area contributed by atoms with Crippen molar-refractivity contribution in [1.29, 1.82) is 0 Å². The SMILES string of the molecule is FC(F)(F)COCc1ccc(Oc2ccccc2)nc1. The van der Waals surface area contributed by atoms with Gasteiger partial charge in [0.2, 0.25) is 5.88 Å². The molecule has 0 saturated heterocycles. The fourth-order valence-electron chi connectivity index (χ4n) is 1.45. The molecule has 0 aliphatic rings. The van der Waals surface area contributed by atoms with Gasteiger partial charge in [0.1, 0.15) is 12.4 Å². The van der Waals surface area contributed by atoms with Crippen LogP contribution in [0.2, 0.25) is 0 Å². The van der Waals surface area contributed by atoms with Crippen molar-refractivity contribution in [3.63, 3.8) is 0 Å². The highest BCUT2D eigenvalue weighted by Crippen LogP contribution is 2.19. The minimum absolute atomic E-state index is 0.141. The normalized spacial score (nSPS) is 11.3. The van der Waals surface area contributed by atoms with Crippen LogP contribution in [0.25, 0.3) is 0 Å². The van der Waals surface area contributed by atoms with Gasteiger partial charge in [-0.25, -0.2) is 4.98 Å². The number of hydrogen-bond donors (Lipinski definition) is 0.